The molecule has 0 aliphatic carbocycles. The number of aromatic nitrogens is 4. The number of benzene rings is 4. The van der Waals surface area contributed by atoms with Gasteiger partial charge in [0.2, 0.25) is 0 Å². The molecule has 0 atom stereocenters. The van der Waals surface area contributed by atoms with Gasteiger partial charge in [0.05, 0.1) is 24.2 Å². The van der Waals surface area contributed by atoms with Gasteiger partial charge in [-0.1, -0.05) is 60.7 Å². The summed E-state index contributed by atoms with van der Waals surface area (Å²) in [5.41, 5.74) is 6.62. The normalized spacial score (nSPS) is 10.9. The predicted octanol–water partition coefficient (Wildman–Crippen LogP) is 8.02. The van der Waals surface area contributed by atoms with E-state index in [-0.39, 0.29) is 0 Å². The summed E-state index contributed by atoms with van der Waals surface area (Å²) in [6, 6.07) is 28.1. The van der Waals surface area contributed by atoms with Crippen molar-refractivity contribution in [2.75, 3.05) is 0 Å². The first-order valence-corrected chi connectivity index (χ1v) is 11.8. The highest BCUT2D eigenvalue weighted by Gasteiger charge is 2.17. The van der Waals surface area contributed by atoms with Gasteiger partial charge in [-0.3, -0.25) is 0 Å². The van der Waals surface area contributed by atoms with Crippen LogP contribution in [0.2, 0.25) is 0 Å². The van der Waals surface area contributed by atoms with Crippen LogP contribution in [0, 0.1) is 27.0 Å². The van der Waals surface area contributed by atoms with E-state index in [0.29, 0.717) is 34.4 Å². The number of nitrogens with zero attached hydrogens (tertiary/aromatic N) is 6. The second-order valence-electron chi connectivity index (χ2n) is 8.78. The fourth-order valence-electron chi connectivity index (χ4n) is 4.91. The maximum Gasteiger partial charge on any atom is 0.198 e. The monoisotopic (exact) mass is 476 g/mol. The highest BCUT2D eigenvalue weighted by Crippen LogP contribution is 2.39. The van der Waals surface area contributed by atoms with Crippen LogP contribution in [-0.4, -0.2) is 19.5 Å². The van der Waals surface area contributed by atoms with E-state index in [1.807, 2.05) is 68.4 Å². The Morgan fingerprint density at radius 3 is 2.08 bits per heavy atom. The maximum absolute atomic E-state index is 7.73. The van der Waals surface area contributed by atoms with Crippen LogP contribution < -0.4 is 0 Å². The fourth-order valence-corrected chi connectivity index (χ4v) is 4.91. The molecule has 6 aromatic rings. The lowest BCUT2D eigenvalue weighted by Gasteiger charge is -2.12. The van der Waals surface area contributed by atoms with E-state index in [1.165, 1.54) is 0 Å². The van der Waals surface area contributed by atoms with Gasteiger partial charge in [0.1, 0.15) is 11.6 Å². The molecule has 0 bridgehead atoms. The minimum atomic E-state index is 0.487. The number of hydrogen-bond acceptors (Lipinski definition) is 3. The third-order valence-corrected chi connectivity index (χ3v) is 6.47. The van der Waals surface area contributed by atoms with Crippen LogP contribution in [0.1, 0.15) is 11.6 Å². The molecule has 0 N–H and O–H groups in total. The van der Waals surface area contributed by atoms with Crippen LogP contribution in [0.15, 0.2) is 84.9 Å². The maximum atomic E-state index is 7.73. The van der Waals surface area contributed by atoms with E-state index in [2.05, 4.69) is 59.5 Å². The molecule has 2 aromatic heterocycles. The zero-order chi connectivity index (χ0) is 25.5. The summed E-state index contributed by atoms with van der Waals surface area (Å²) < 4.78 is 2.20. The van der Waals surface area contributed by atoms with E-state index in [9.17, 15) is 0 Å². The summed E-state index contributed by atoms with van der Waals surface area (Å²) >= 11 is 0. The summed E-state index contributed by atoms with van der Waals surface area (Å²) in [4.78, 5) is 20.8. The molecule has 0 aliphatic heterocycles. The van der Waals surface area contributed by atoms with Crippen molar-refractivity contribution in [2.45, 2.75) is 13.8 Å². The topological polar surface area (TPSA) is 52.3 Å². The lowest BCUT2D eigenvalue weighted by molar-refractivity contribution is 0.929. The van der Waals surface area contributed by atoms with Crippen molar-refractivity contribution in [2.24, 2.45) is 0 Å². The molecule has 0 spiro atoms. The molecule has 2 heterocycles. The lowest BCUT2D eigenvalue weighted by atomic mass is 10.0. The Labute approximate surface area is 214 Å². The highest BCUT2D eigenvalue weighted by atomic mass is 15.0. The number of hydrogen-bond donors (Lipinski definition) is 0. The Hall–Kier alpha value is -5.33. The van der Waals surface area contributed by atoms with Gasteiger partial charge in [-0.05, 0) is 49.2 Å². The Kier molecular flexibility index (Phi) is 5.22. The van der Waals surface area contributed by atoms with Gasteiger partial charge in [0.15, 0.2) is 17.2 Å². The van der Waals surface area contributed by atoms with Crippen LogP contribution >= 0.6 is 0 Å². The number of fused-ring (bicyclic) bond motifs is 3. The summed E-state index contributed by atoms with van der Waals surface area (Å²) in [7, 11) is 0. The van der Waals surface area contributed by atoms with Crippen molar-refractivity contribution in [1.82, 2.24) is 19.5 Å². The van der Waals surface area contributed by atoms with Crippen molar-refractivity contribution in [3.63, 3.8) is 0 Å². The molecule has 0 radical (unpaired) electrons. The van der Waals surface area contributed by atoms with Gasteiger partial charge in [-0.15, -0.1) is 0 Å². The zero-order valence-corrected chi connectivity index (χ0v) is 20.3. The second-order valence-corrected chi connectivity index (χ2v) is 8.78. The first-order valence-electron chi connectivity index (χ1n) is 11.8. The molecule has 0 saturated heterocycles. The number of aryl methyl sites for hydroxylation is 2. The second kappa shape index (κ2) is 8.71. The largest absolute Gasteiger partial charge is 0.309 e. The summed E-state index contributed by atoms with van der Waals surface area (Å²) in [5.74, 6) is 1.72. The molecule has 37 heavy (non-hydrogen) atoms. The summed E-state index contributed by atoms with van der Waals surface area (Å²) in [6.45, 7) is 19.0. The van der Waals surface area contributed by atoms with Gasteiger partial charge in [0.25, 0.3) is 0 Å². The Balaban J connectivity index is 1.65. The Bertz CT molecular complexity index is 1910. The van der Waals surface area contributed by atoms with Crippen LogP contribution in [0.5, 0.6) is 0 Å². The van der Waals surface area contributed by atoms with E-state index < -0.39 is 0 Å². The van der Waals surface area contributed by atoms with Gasteiger partial charge >= 0.3 is 0 Å². The summed E-state index contributed by atoms with van der Waals surface area (Å²) in [5, 5.41) is 2.24. The van der Waals surface area contributed by atoms with Crippen LogP contribution in [0.4, 0.5) is 11.4 Å². The smallest absolute Gasteiger partial charge is 0.198 e. The molecule has 4 aromatic carbocycles. The Morgan fingerprint density at radius 1 is 0.622 bits per heavy atom. The molecule has 0 fully saturated rings. The molecule has 6 nitrogen and oxygen atoms in total. The molecule has 0 saturated carbocycles. The predicted molar refractivity (Wildman–Crippen MR) is 147 cm³/mol. The first kappa shape index (κ1) is 22.2. The summed E-state index contributed by atoms with van der Waals surface area (Å²) in [6.07, 6.45) is 0. The van der Waals surface area contributed by atoms with Crippen LogP contribution in [0.25, 0.3) is 59.7 Å². The molecule has 0 aliphatic rings. The highest BCUT2D eigenvalue weighted by molar-refractivity contribution is 6.10. The third kappa shape index (κ3) is 3.69. The van der Waals surface area contributed by atoms with E-state index in [0.717, 1.165) is 38.6 Å². The van der Waals surface area contributed by atoms with Gasteiger partial charge < -0.3 is 4.57 Å². The molecule has 0 unspecified atom stereocenters. The van der Waals surface area contributed by atoms with Crippen LogP contribution in [-0.2, 0) is 0 Å². The van der Waals surface area contributed by atoms with Gasteiger partial charge in [0, 0.05) is 22.0 Å². The van der Waals surface area contributed by atoms with Crippen molar-refractivity contribution < 1.29 is 0 Å². The Morgan fingerprint density at radius 2 is 1.30 bits per heavy atom. The SMILES string of the molecule is [C-]#[N+]c1ccccc1-c1ccc2c3ccccc3n(-c3ccc([N+]#[C-])c(-c4nc(C)nc(C)n4)c3)c2c1. The minimum absolute atomic E-state index is 0.487. The van der Waals surface area contributed by atoms with E-state index >= 15 is 0 Å². The van der Waals surface area contributed by atoms with Crippen molar-refractivity contribution in [1.29, 1.82) is 0 Å². The average Bonchev–Trinajstić information content (AvgIpc) is 3.25. The number of para-hydroxylation sites is 2. The molecular formula is C31H20N6. The standard InChI is InChI=1S/C31H20N6/c1-19-34-20(2)36-31(35-19)26-18-22(14-16-28(26)33-4)37-29-12-8-6-10-24(29)25-15-13-21(17-30(25)37)23-9-5-7-11-27(23)32-3/h5-18H,1-2H3. The molecule has 0 amide bonds. The zero-order valence-electron chi connectivity index (χ0n) is 20.3. The lowest BCUT2D eigenvalue weighted by Crippen LogP contribution is -2.00. The van der Waals surface area contributed by atoms with Crippen molar-refractivity contribution in [3.05, 3.63) is 119 Å². The van der Waals surface area contributed by atoms with Gasteiger partial charge in [-0.25, -0.2) is 24.6 Å². The molecule has 174 valence electrons. The number of rotatable bonds is 3. The quantitative estimate of drug-likeness (QED) is 0.243. The van der Waals surface area contributed by atoms with E-state index in [4.69, 9.17) is 13.1 Å². The third-order valence-electron chi connectivity index (χ3n) is 6.47. The molecule has 6 heteroatoms. The fraction of sp³-hybridized carbons (Fsp3) is 0.0645. The minimum Gasteiger partial charge on any atom is -0.309 e. The first-order chi connectivity index (χ1) is 18.1. The van der Waals surface area contributed by atoms with E-state index in [1.54, 1.807) is 0 Å². The van der Waals surface area contributed by atoms with Crippen molar-refractivity contribution >= 4 is 33.2 Å². The van der Waals surface area contributed by atoms with Crippen molar-refractivity contribution in [3.8, 4) is 28.2 Å². The van der Waals surface area contributed by atoms with Crippen LogP contribution in [0.3, 0.4) is 0 Å². The molecular weight excluding hydrogens is 456 g/mol. The molecule has 6 rings (SSSR count). The average molecular weight is 477 g/mol. The van der Waals surface area contributed by atoms with Gasteiger partial charge in [-0.2, -0.15) is 0 Å².